The smallest absolute Gasteiger partial charge is 0.240 e. The molecule has 1 heterocycles. The van der Waals surface area contributed by atoms with Crippen molar-refractivity contribution in [1.29, 1.82) is 0 Å². The van der Waals surface area contributed by atoms with Gasteiger partial charge in [-0.2, -0.15) is 0 Å². The molecule has 37 heavy (non-hydrogen) atoms. The maximum Gasteiger partial charge on any atom is 0.240 e. The largest absolute Gasteiger partial charge is 0.508 e. The van der Waals surface area contributed by atoms with Crippen molar-refractivity contribution >= 4 is 17.9 Å². The second-order valence-electron chi connectivity index (χ2n) is 11.0. The van der Waals surface area contributed by atoms with Crippen LogP contribution in [0.15, 0.2) is 66.8 Å². The van der Waals surface area contributed by atoms with Crippen molar-refractivity contribution in [3.63, 3.8) is 0 Å². The Morgan fingerprint density at radius 3 is 2.54 bits per heavy atom. The van der Waals surface area contributed by atoms with Gasteiger partial charge in [-0.3, -0.25) is 9.59 Å². The van der Waals surface area contributed by atoms with Crippen LogP contribution in [-0.2, 0) is 22.4 Å². The van der Waals surface area contributed by atoms with Gasteiger partial charge in [0.1, 0.15) is 5.75 Å². The third kappa shape index (κ3) is 8.05. The Hall–Kier alpha value is -3.38. The van der Waals surface area contributed by atoms with Crippen molar-refractivity contribution in [3.8, 4) is 5.75 Å². The van der Waals surface area contributed by atoms with Gasteiger partial charge < -0.3 is 21.1 Å². The fourth-order valence-electron chi connectivity index (χ4n) is 4.48. The summed E-state index contributed by atoms with van der Waals surface area (Å²) in [6.45, 7) is 13.0. The van der Waals surface area contributed by atoms with Crippen LogP contribution in [0.3, 0.4) is 0 Å². The first-order valence-corrected chi connectivity index (χ1v) is 13.0. The predicted octanol–water partition coefficient (Wildman–Crippen LogP) is 4.54. The average molecular weight is 504 g/mol. The van der Waals surface area contributed by atoms with E-state index in [1.807, 2.05) is 52.0 Å². The molecule has 1 atom stereocenters. The monoisotopic (exact) mass is 503 g/mol. The van der Waals surface area contributed by atoms with Crippen LogP contribution in [0, 0.1) is 5.92 Å². The Kier molecular flexibility index (Phi) is 9.33. The number of amides is 2. The number of nitrogens with one attached hydrogen (secondary N) is 3. The zero-order valence-electron chi connectivity index (χ0n) is 22.6. The van der Waals surface area contributed by atoms with E-state index in [1.54, 1.807) is 18.2 Å². The Balaban J connectivity index is 1.88. The fraction of sp³-hybridized carbons (Fsp3) is 0.419. The van der Waals surface area contributed by atoms with Crippen LogP contribution in [0.1, 0.15) is 57.2 Å². The van der Waals surface area contributed by atoms with E-state index in [-0.39, 0.29) is 17.6 Å². The molecule has 6 nitrogen and oxygen atoms in total. The van der Waals surface area contributed by atoms with E-state index < -0.39 is 17.0 Å². The summed E-state index contributed by atoms with van der Waals surface area (Å²) in [6.07, 6.45) is 6.65. The van der Waals surface area contributed by atoms with E-state index in [4.69, 9.17) is 0 Å². The van der Waals surface area contributed by atoms with Gasteiger partial charge in [0.2, 0.25) is 11.8 Å². The highest BCUT2D eigenvalue weighted by Crippen LogP contribution is 2.26. The van der Waals surface area contributed by atoms with Crippen LogP contribution in [0.25, 0.3) is 6.08 Å². The number of carbonyl (C=O) groups excluding carboxylic acids is 2. The molecular weight excluding hydrogens is 462 g/mol. The number of aryl methyl sites for hydroxylation is 1. The lowest BCUT2D eigenvalue weighted by Crippen LogP contribution is -2.58. The number of rotatable bonds is 2. The fourth-order valence-corrected chi connectivity index (χ4v) is 4.48. The lowest BCUT2D eigenvalue weighted by molar-refractivity contribution is -0.127. The van der Waals surface area contributed by atoms with Crippen molar-refractivity contribution in [1.82, 2.24) is 16.0 Å². The number of hydrogen-bond acceptors (Lipinski definition) is 4. The molecule has 0 bridgehead atoms. The first-order chi connectivity index (χ1) is 17.5. The molecule has 0 saturated heterocycles. The highest BCUT2D eigenvalue weighted by molar-refractivity contribution is 5.86. The van der Waals surface area contributed by atoms with Gasteiger partial charge in [-0.25, -0.2) is 0 Å². The van der Waals surface area contributed by atoms with Crippen molar-refractivity contribution in [3.05, 3.63) is 83.4 Å². The van der Waals surface area contributed by atoms with Crippen LogP contribution < -0.4 is 16.0 Å². The van der Waals surface area contributed by atoms with Gasteiger partial charge in [-0.05, 0) is 88.7 Å². The predicted molar refractivity (Wildman–Crippen MR) is 150 cm³/mol. The molecule has 0 aliphatic carbocycles. The van der Waals surface area contributed by atoms with Gasteiger partial charge in [0.25, 0.3) is 0 Å². The molecule has 0 saturated carbocycles. The Morgan fingerprint density at radius 2 is 1.78 bits per heavy atom. The standard InChI is InChI=1S/C31H41N3O3/c1-22-19-26(20-23-11-8-16-27(35)21-23)28(36)32-17-9-14-24-12-6-7-13-25(24)15-10-18-33-31(4,5)29(37)34-30(22,2)3/h6-9,11-14,16,21,26,33,35H,1,10,15,17-20H2,2-5H3,(H,32,36)(H,34,37)/b14-9+. The minimum absolute atomic E-state index is 0.0901. The molecule has 0 radical (unpaired) electrons. The van der Waals surface area contributed by atoms with Gasteiger partial charge in [-0.15, -0.1) is 0 Å². The second kappa shape index (κ2) is 12.2. The summed E-state index contributed by atoms with van der Waals surface area (Å²) in [4.78, 5) is 26.6. The van der Waals surface area contributed by atoms with Crippen LogP contribution in [0.5, 0.6) is 5.75 Å². The second-order valence-corrected chi connectivity index (χ2v) is 11.0. The number of fused-ring (bicyclic) bond motifs is 1. The van der Waals surface area contributed by atoms with Gasteiger partial charge in [0.05, 0.1) is 11.1 Å². The van der Waals surface area contributed by atoms with E-state index in [1.165, 1.54) is 5.56 Å². The summed E-state index contributed by atoms with van der Waals surface area (Å²) in [5, 5.41) is 19.5. The molecule has 1 aliphatic heterocycles. The highest BCUT2D eigenvalue weighted by Gasteiger charge is 2.34. The molecule has 0 spiro atoms. The normalized spacial score (nSPS) is 22.1. The zero-order chi connectivity index (χ0) is 27.1. The van der Waals surface area contributed by atoms with E-state index in [0.29, 0.717) is 25.9 Å². The SMILES string of the molecule is C=C1CC(Cc2cccc(O)c2)C(=O)NC/C=C/c2ccccc2CCCNC(C)(C)C(=O)NC1(C)C. The van der Waals surface area contributed by atoms with E-state index in [9.17, 15) is 14.7 Å². The van der Waals surface area contributed by atoms with Crippen molar-refractivity contribution < 1.29 is 14.7 Å². The van der Waals surface area contributed by atoms with Crippen LogP contribution in [0.2, 0.25) is 0 Å². The number of benzene rings is 2. The lowest BCUT2D eigenvalue weighted by atomic mass is 9.83. The lowest BCUT2D eigenvalue weighted by Gasteiger charge is -2.35. The maximum atomic E-state index is 13.3. The molecule has 0 fully saturated rings. The summed E-state index contributed by atoms with van der Waals surface area (Å²) in [6, 6.07) is 15.2. The van der Waals surface area contributed by atoms with E-state index in [0.717, 1.165) is 29.5 Å². The quantitative estimate of drug-likeness (QED) is 0.453. The molecule has 6 heteroatoms. The van der Waals surface area contributed by atoms with Gasteiger partial charge in [-0.1, -0.05) is 60.7 Å². The molecule has 2 aromatic rings. The Morgan fingerprint density at radius 1 is 1.03 bits per heavy atom. The van der Waals surface area contributed by atoms with Crippen LogP contribution in [0.4, 0.5) is 0 Å². The van der Waals surface area contributed by atoms with Crippen molar-refractivity contribution in [2.45, 2.75) is 64.5 Å². The summed E-state index contributed by atoms with van der Waals surface area (Å²) < 4.78 is 0. The summed E-state index contributed by atoms with van der Waals surface area (Å²) >= 11 is 0. The topological polar surface area (TPSA) is 90.5 Å². The molecule has 1 aliphatic rings. The Bertz CT molecular complexity index is 1150. The average Bonchev–Trinajstić information content (AvgIpc) is 2.83. The minimum atomic E-state index is -0.763. The number of hydrogen-bond donors (Lipinski definition) is 4. The molecule has 4 N–H and O–H groups in total. The summed E-state index contributed by atoms with van der Waals surface area (Å²) in [5.74, 6) is -0.443. The van der Waals surface area contributed by atoms with Gasteiger partial charge in [0.15, 0.2) is 0 Å². The number of aromatic hydroxyl groups is 1. The molecule has 3 rings (SSSR count). The van der Waals surface area contributed by atoms with Crippen molar-refractivity contribution in [2.75, 3.05) is 13.1 Å². The molecule has 198 valence electrons. The highest BCUT2D eigenvalue weighted by atomic mass is 16.3. The number of carbonyl (C=O) groups is 2. The van der Waals surface area contributed by atoms with Crippen molar-refractivity contribution in [2.24, 2.45) is 5.92 Å². The summed E-state index contributed by atoms with van der Waals surface area (Å²) in [5.41, 5.74) is 2.52. The molecule has 2 aromatic carbocycles. The van der Waals surface area contributed by atoms with Crippen LogP contribution in [-0.4, -0.2) is 41.1 Å². The number of phenolic OH excluding ortho intramolecular Hbond substituents is 1. The molecular formula is C31H41N3O3. The third-order valence-corrected chi connectivity index (χ3v) is 7.07. The molecule has 2 amide bonds. The zero-order valence-corrected chi connectivity index (χ0v) is 22.6. The minimum Gasteiger partial charge on any atom is -0.508 e. The van der Waals surface area contributed by atoms with E-state index in [2.05, 4.69) is 40.7 Å². The van der Waals surface area contributed by atoms with Gasteiger partial charge in [0, 0.05) is 12.5 Å². The third-order valence-electron chi connectivity index (χ3n) is 7.07. The first kappa shape index (κ1) is 28.2. The maximum absolute atomic E-state index is 13.3. The van der Waals surface area contributed by atoms with E-state index >= 15 is 0 Å². The first-order valence-electron chi connectivity index (χ1n) is 13.0. The Labute approximate surface area is 221 Å². The number of phenols is 1. The van der Waals surface area contributed by atoms with Crippen LogP contribution >= 0.6 is 0 Å². The summed E-state index contributed by atoms with van der Waals surface area (Å²) in [7, 11) is 0. The molecule has 0 aromatic heterocycles. The van der Waals surface area contributed by atoms with Gasteiger partial charge >= 0.3 is 0 Å². The molecule has 1 unspecified atom stereocenters.